The van der Waals surface area contributed by atoms with Gasteiger partial charge in [0.15, 0.2) is 0 Å². The zero-order chi connectivity index (χ0) is 21.8. The van der Waals surface area contributed by atoms with Gasteiger partial charge in [-0.05, 0) is 60.5 Å². The summed E-state index contributed by atoms with van der Waals surface area (Å²) < 4.78 is 6.00. The van der Waals surface area contributed by atoms with Crippen LogP contribution in [0.15, 0.2) is 67.0 Å². The first-order valence-corrected chi connectivity index (χ1v) is 10.0. The number of aromatic carboxylic acids is 1. The molecule has 1 aliphatic rings. The number of nitrogens with one attached hydrogen (secondary N) is 1. The number of nitrogens with zero attached hydrogens (tertiary/aromatic N) is 2. The van der Waals surface area contributed by atoms with Crippen molar-refractivity contribution in [2.45, 2.75) is 19.4 Å². The number of ether oxygens (including phenoxy) is 1. The van der Waals surface area contributed by atoms with Crippen molar-refractivity contribution in [3.05, 3.63) is 83.7 Å². The number of carbonyl (C=O) groups is 2. The third-order valence-corrected chi connectivity index (χ3v) is 5.25. The molecule has 4 rings (SSSR count). The Bertz CT molecular complexity index is 1080. The summed E-state index contributed by atoms with van der Waals surface area (Å²) in [7, 11) is 0. The van der Waals surface area contributed by atoms with E-state index in [1.54, 1.807) is 30.6 Å². The highest BCUT2D eigenvalue weighted by atomic mass is 16.5. The summed E-state index contributed by atoms with van der Waals surface area (Å²) in [5, 5.41) is 12.2. The summed E-state index contributed by atoms with van der Waals surface area (Å²) in [6.45, 7) is 3.20. The minimum Gasteiger partial charge on any atom is -0.487 e. The molecule has 0 unspecified atom stereocenters. The Morgan fingerprint density at radius 3 is 2.58 bits per heavy atom. The summed E-state index contributed by atoms with van der Waals surface area (Å²) in [6, 6.07) is 16.3. The molecule has 1 amide bonds. The number of pyridine rings is 1. The molecular weight excluding hydrogens is 394 g/mol. The SMILES string of the molecule is Cc1c(C(=O)O)cccc1N1CC(Oc2ccc(NC(=O)Cc3cccnc3)cc2)C1. The van der Waals surface area contributed by atoms with Crippen molar-refractivity contribution >= 4 is 23.3 Å². The van der Waals surface area contributed by atoms with Crippen LogP contribution in [0, 0.1) is 6.92 Å². The van der Waals surface area contributed by atoms with Crippen LogP contribution in [-0.4, -0.2) is 41.2 Å². The van der Waals surface area contributed by atoms with Gasteiger partial charge in [0.1, 0.15) is 11.9 Å². The van der Waals surface area contributed by atoms with Crippen LogP contribution in [0.1, 0.15) is 21.5 Å². The molecule has 0 saturated carbocycles. The predicted molar refractivity (Wildman–Crippen MR) is 118 cm³/mol. The van der Waals surface area contributed by atoms with Gasteiger partial charge in [-0.15, -0.1) is 0 Å². The molecule has 0 spiro atoms. The maximum atomic E-state index is 12.2. The van der Waals surface area contributed by atoms with Gasteiger partial charge >= 0.3 is 5.97 Å². The number of carbonyl (C=O) groups excluding carboxylic acids is 1. The minimum atomic E-state index is -0.916. The molecule has 0 radical (unpaired) electrons. The fourth-order valence-electron chi connectivity index (χ4n) is 3.61. The highest BCUT2D eigenvalue weighted by molar-refractivity contribution is 5.92. The van der Waals surface area contributed by atoms with Crippen molar-refractivity contribution in [1.29, 1.82) is 0 Å². The molecule has 0 aliphatic carbocycles. The number of anilines is 2. The average molecular weight is 417 g/mol. The van der Waals surface area contributed by atoms with Crippen LogP contribution in [0.3, 0.4) is 0 Å². The Morgan fingerprint density at radius 1 is 1.13 bits per heavy atom. The van der Waals surface area contributed by atoms with E-state index in [0.29, 0.717) is 24.3 Å². The molecule has 1 fully saturated rings. The van der Waals surface area contributed by atoms with Crippen molar-refractivity contribution in [2.75, 3.05) is 23.3 Å². The van der Waals surface area contributed by atoms with Gasteiger partial charge in [-0.1, -0.05) is 12.1 Å². The van der Waals surface area contributed by atoms with Gasteiger partial charge in [-0.2, -0.15) is 0 Å². The van der Waals surface area contributed by atoms with Gasteiger partial charge in [-0.3, -0.25) is 9.78 Å². The lowest BCUT2D eigenvalue weighted by atomic mass is 10.0. The van der Waals surface area contributed by atoms with E-state index in [1.165, 1.54) is 0 Å². The second-order valence-electron chi connectivity index (χ2n) is 7.51. The number of rotatable bonds is 7. The van der Waals surface area contributed by atoms with Gasteiger partial charge in [0.05, 0.1) is 25.1 Å². The summed E-state index contributed by atoms with van der Waals surface area (Å²) in [4.78, 5) is 29.6. The van der Waals surface area contributed by atoms with Crippen LogP contribution in [0.25, 0.3) is 0 Å². The number of hydrogen-bond acceptors (Lipinski definition) is 5. The normalized spacial score (nSPS) is 13.4. The van der Waals surface area contributed by atoms with E-state index < -0.39 is 5.97 Å². The monoisotopic (exact) mass is 417 g/mol. The molecule has 2 heterocycles. The van der Waals surface area contributed by atoms with E-state index in [4.69, 9.17) is 4.74 Å². The van der Waals surface area contributed by atoms with Gasteiger partial charge < -0.3 is 20.1 Å². The molecule has 7 heteroatoms. The molecule has 31 heavy (non-hydrogen) atoms. The maximum absolute atomic E-state index is 12.2. The molecule has 2 aromatic carbocycles. The van der Waals surface area contributed by atoms with E-state index in [2.05, 4.69) is 15.2 Å². The Hall–Kier alpha value is -3.87. The first kappa shape index (κ1) is 20.4. The fourth-order valence-corrected chi connectivity index (χ4v) is 3.61. The van der Waals surface area contributed by atoms with Crippen LogP contribution >= 0.6 is 0 Å². The molecule has 0 bridgehead atoms. The second kappa shape index (κ2) is 8.87. The molecule has 1 saturated heterocycles. The molecule has 1 aliphatic heterocycles. The summed E-state index contributed by atoms with van der Waals surface area (Å²) >= 11 is 0. The Kier molecular flexibility index (Phi) is 5.84. The van der Waals surface area contributed by atoms with Crippen molar-refractivity contribution in [1.82, 2.24) is 4.98 Å². The third kappa shape index (κ3) is 4.83. The number of amides is 1. The van der Waals surface area contributed by atoms with Gasteiger partial charge in [0, 0.05) is 23.8 Å². The molecular formula is C24H23N3O4. The van der Waals surface area contributed by atoms with Crippen molar-refractivity contribution in [3.8, 4) is 5.75 Å². The average Bonchev–Trinajstić information content (AvgIpc) is 2.72. The van der Waals surface area contributed by atoms with Crippen molar-refractivity contribution in [2.24, 2.45) is 0 Å². The summed E-state index contributed by atoms with van der Waals surface area (Å²) in [6.07, 6.45) is 3.65. The number of benzene rings is 2. The molecule has 1 aromatic heterocycles. The summed E-state index contributed by atoms with van der Waals surface area (Å²) in [5.74, 6) is -0.290. The van der Waals surface area contributed by atoms with Crippen LogP contribution < -0.4 is 15.0 Å². The number of carboxylic acid groups (broad SMARTS) is 1. The maximum Gasteiger partial charge on any atom is 0.336 e. The zero-order valence-electron chi connectivity index (χ0n) is 17.1. The zero-order valence-corrected chi connectivity index (χ0v) is 17.1. The molecule has 0 atom stereocenters. The van der Waals surface area contributed by atoms with E-state index >= 15 is 0 Å². The lowest BCUT2D eigenvalue weighted by Gasteiger charge is -2.41. The van der Waals surface area contributed by atoms with Crippen LogP contribution in [0.5, 0.6) is 5.75 Å². The van der Waals surface area contributed by atoms with E-state index in [-0.39, 0.29) is 18.4 Å². The Morgan fingerprint density at radius 2 is 1.90 bits per heavy atom. The quantitative estimate of drug-likeness (QED) is 0.611. The molecule has 158 valence electrons. The highest BCUT2D eigenvalue weighted by Gasteiger charge is 2.30. The van der Waals surface area contributed by atoms with Gasteiger partial charge in [-0.25, -0.2) is 4.79 Å². The minimum absolute atomic E-state index is 0.0268. The van der Waals surface area contributed by atoms with E-state index in [1.807, 2.05) is 43.3 Å². The van der Waals surface area contributed by atoms with Gasteiger partial charge in [0.2, 0.25) is 5.91 Å². The Balaban J connectivity index is 1.28. The lowest BCUT2D eigenvalue weighted by Crippen LogP contribution is -2.54. The van der Waals surface area contributed by atoms with Crippen molar-refractivity contribution < 1.29 is 19.4 Å². The largest absolute Gasteiger partial charge is 0.487 e. The number of hydrogen-bond donors (Lipinski definition) is 2. The summed E-state index contributed by atoms with van der Waals surface area (Å²) in [5.41, 5.74) is 3.57. The second-order valence-corrected chi connectivity index (χ2v) is 7.51. The van der Waals surface area contributed by atoms with Crippen LogP contribution in [0.4, 0.5) is 11.4 Å². The molecule has 7 nitrogen and oxygen atoms in total. The predicted octanol–water partition coefficient (Wildman–Crippen LogP) is 3.54. The topological polar surface area (TPSA) is 91.8 Å². The van der Waals surface area contributed by atoms with Crippen LogP contribution in [-0.2, 0) is 11.2 Å². The van der Waals surface area contributed by atoms with Gasteiger partial charge in [0.25, 0.3) is 0 Å². The first-order valence-electron chi connectivity index (χ1n) is 10.0. The fraction of sp³-hybridized carbons (Fsp3) is 0.208. The van der Waals surface area contributed by atoms with Crippen molar-refractivity contribution in [3.63, 3.8) is 0 Å². The Labute approximate surface area is 180 Å². The van der Waals surface area contributed by atoms with E-state index in [9.17, 15) is 14.7 Å². The highest BCUT2D eigenvalue weighted by Crippen LogP contribution is 2.29. The lowest BCUT2D eigenvalue weighted by molar-refractivity contribution is -0.115. The first-order chi connectivity index (χ1) is 15.0. The standard InChI is InChI=1S/C24H23N3O4/c1-16-21(24(29)30)5-2-6-22(16)27-14-20(15-27)31-19-9-7-18(8-10-19)26-23(28)12-17-4-3-11-25-13-17/h2-11,13,20H,12,14-15H2,1H3,(H,26,28)(H,29,30). The smallest absolute Gasteiger partial charge is 0.336 e. The number of carboxylic acids is 1. The molecule has 2 N–H and O–H groups in total. The van der Waals surface area contributed by atoms with E-state index in [0.717, 1.165) is 22.6 Å². The van der Waals surface area contributed by atoms with Crippen LogP contribution in [0.2, 0.25) is 0 Å². The molecule has 3 aromatic rings. The third-order valence-electron chi connectivity index (χ3n) is 5.25. The number of aromatic nitrogens is 1.